The fourth-order valence-electron chi connectivity index (χ4n) is 3.03. The van der Waals surface area contributed by atoms with E-state index in [1.165, 1.54) is 24.2 Å². The van der Waals surface area contributed by atoms with Gasteiger partial charge in [-0.3, -0.25) is 4.79 Å². The number of anilines is 1. The zero-order chi connectivity index (χ0) is 20.2. The second-order valence-corrected chi connectivity index (χ2v) is 8.96. The Labute approximate surface area is 178 Å². The van der Waals surface area contributed by atoms with E-state index in [4.69, 9.17) is 0 Å². The zero-order valence-electron chi connectivity index (χ0n) is 16.3. The minimum atomic E-state index is -0.0485. The standard InChI is InChI=1S/C21H23N5OS2/c1-3-10-26-20(15-8-9-15)24-25-21(26)29-13-16-12-28-19(22-16)11-18(27)23-17-7-5-4-6-14(17)2/h3-7,12,15H,1,8-11,13H2,2H3,(H,23,27). The minimum absolute atomic E-state index is 0.0485. The third-order valence-electron chi connectivity index (χ3n) is 4.68. The van der Waals surface area contributed by atoms with E-state index in [0.717, 1.165) is 39.5 Å². The molecule has 29 heavy (non-hydrogen) atoms. The van der Waals surface area contributed by atoms with Gasteiger partial charge in [-0.1, -0.05) is 36.0 Å². The number of allylic oxidation sites excluding steroid dienone is 1. The summed E-state index contributed by atoms with van der Waals surface area (Å²) in [6.07, 6.45) is 4.55. The van der Waals surface area contributed by atoms with Gasteiger partial charge >= 0.3 is 0 Å². The van der Waals surface area contributed by atoms with Crippen molar-refractivity contribution < 1.29 is 4.79 Å². The van der Waals surface area contributed by atoms with Gasteiger partial charge in [0.1, 0.15) is 10.8 Å². The Bertz CT molecular complexity index is 1020. The third kappa shape index (κ3) is 4.94. The van der Waals surface area contributed by atoms with Crippen molar-refractivity contribution in [1.82, 2.24) is 19.7 Å². The van der Waals surface area contributed by atoms with Crippen LogP contribution in [0.4, 0.5) is 5.69 Å². The number of amides is 1. The quantitative estimate of drug-likeness (QED) is 0.401. The number of carbonyl (C=O) groups excluding carboxylic acids is 1. The molecule has 1 fully saturated rings. The molecule has 3 aromatic rings. The average molecular weight is 426 g/mol. The Morgan fingerprint density at radius 2 is 2.21 bits per heavy atom. The van der Waals surface area contributed by atoms with E-state index in [0.29, 0.717) is 11.7 Å². The molecule has 0 atom stereocenters. The predicted molar refractivity (Wildman–Crippen MR) is 117 cm³/mol. The number of hydrogen-bond donors (Lipinski definition) is 1. The lowest BCUT2D eigenvalue weighted by atomic mass is 10.2. The number of rotatable bonds is 9. The van der Waals surface area contributed by atoms with Gasteiger partial charge in [-0.2, -0.15) is 0 Å². The van der Waals surface area contributed by atoms with Gasteiger partial charge in [0, 0.05) is 29.3 Å². The maximum atomic E-state index is 12.3. The van der Waals surface area contributed by atoms with Gasteiger partial charge in [-0.05, 0) is 31.4 Å². The van der Waals surface area contributed by atoms with Crippen LogP contribution in [0.2, 0.25) is 0 Å². The third-order valence-corrected chi connectivity index (χ3v) is 6.58. The highest BCUT2D eigenvalue weighted by Crippen LogP contribution is 2.40. The van der Waals surface area contributed by atoms with Crippen LogP contribution in [0.1, 0.15) is 40.8 Å². The Hall–Kier alpha value is -2.45. The molecule has 0 spiro atoms. The van der Waals surface area contributed by atoms with Crippen molar-refractivity contribution in [1.29, 1.82) is 0 Å². The van der Waals surface area contributed by atoms with Crippen molar-refractivity contribution in [3.63, 3.8) is 0 Å². The number of hydrogen-bond acceptors (Lipinski definition) is 6. The summed E-state index contributed by atoms with van der Waals surface area (Å²) in [5.41, 5.74) is 2.85. The first-order chi connectivity index (χ1) is 14.1. The lowest BCUT2D eigenvalue weighted by molar-refractivity contribution is -0.115. The van der Waals surface area contributed by atoms with Crippen LogP contribution >= 0.6 is 23.1 Å². The molecule has 0 radical (unpaired) electrons. The number of nitrogens with one attached hydrogen (secondary N) is 1. The van der Waals surface area contributed by atoms with Gasteiger partial charge < -0.3 is 9.88 Å². The summed E-state index contributed by atoms with van der Waals surface area (Å²) in [5, 5.41) is 15.4. The number of carbonyl (C=O) groups is 1. The maximum Gasteiger partial charge on any atom is 0.231 e. The van der Waals surface area contributed by atoms with Crippen LogP contribution in [0.3, 0.4) is 0 Å². The molecule has 1 aromatic carbocycles. The number of para-hydroxylation sites is 1. The first kappa shape index (κ1) is 19.8. The highest BCUT2D eigenvalue weighted by atomic mass is 32.2. The van der Waals surface area contributed by atoms with Crippen molar-refractivity contribution in [3.8, 4) is 0 Å². The SMILES string of the molecule is C=CCn1c(SCc2csc(CC(=O)Nc3ccccc3C)n2)nnc1C1CC1. The molecule has 0 unspecified atom stereocenters. The molecule has 1 N–H and O–H groups in total. The summed E-state index contributed by atoms with van der Waals surface area (Å²) in [7, 11) is 0. The van der Waals surface area contributed by atoms with Crippen LogP contribution in [0.5, 0.6) is 0 Å². The highest BCUT2D eigenvalue weighted by molar-refractivity contribution is 7.98. The number of aryl methyl sites for hydroxylation is 1. The van der Waals surface area contributed by atoms with Crippen LogP contribution in [-0.4, -0.2) is 25.7 Å². The van der Waals surface area contributed by atoms with Gasteiger partial charge in [0.2, 0.25) is 5.91 Å². The first-order valence-corrected chi connectivity index (χ1v) is 11.5. The zero-order valence-corrected chi connectivity index (χ0v) is 17.9. The Kier molecular flexibility index (Phi) is 6.10. The molecular formula is C21H23N5OS2. The van der Waals surface area contributed by atoms with Gasteiger partial charge in [0.25, 0.3) is 0 Å². The first-order valence-electron chi connectivity index (χ1n) is 9.59. The largest absolute Gasteiger partial charge is 0.325 e. The predicted octanol–water partition coefficient (Wildman–Crippen LogP) is 4.58. The highest BCUT2D eigenvalue weighted by Gasteiger charge is 2.30. The molecule has 4 rings (SSSR count). The normalized spacial score (nSPS) is 13.4. The van der Waals surface area contributed by atoms with Crippen molar-refractivity contribution >= 4 is 34.7 Å². The molecule has 1 amide bonds. The Balaban J connectivity index is 1.34. The lowest BCUT2D eigenvalue weighted by Gasteiger charge is -2.07. The van der Waals surface area contributed by atoms with E-state index in [2.05, 4.69) is 31.6 Å². The van der Waals surface area contributed by atoms with Crippen LogP contribution in [0.15, 0.2) is 47.5 Å². The summed E-state index contributed by atoms with van der Waals surface area (Å²) in [5.74, 6) is 2.27. The number of nitrogens with zero attached hydrogens (tertiary/aromatic N) is 4. The summed E-state index contributed by atoms with van der Waals surface area (Å²) < 4.78 is 2.15. The van der Waals surface area contributed by atoms with Gasteiger partial charge in [0.05, 0.1) is 12.1 Å². The lowest BCUT2D eigenvalue weighted by Crippen LogP contribution is -2.15. The van der Waals surface area contributed by atoms with Crippen LogP contribution in [0, 0.1) is 6.92 Å². The summed E-state index contributed by atoms with van der Waals surface area (Å²) in [4.78, 5) is 16.9. The van der Waals surface area contributed by atoms with E-state index in [9.17, 15) is 4.79 Å². The molecule has 0 bridgehead atoms. The van der Waals surface area contributed by atoms with Crippen LogP contribution < -0.4 is 5.32 Å². The summed E-state index contributed by atoms with van der Waals surface area (Å²) in [6.45, 7) is 6.55. The Morgan fingerprint density at radius 1 is 1.38 bits per heavy atom. The molecular weight excluding hydrogens is 402 g/mol. The minimum Gasteiger partial charge on any atom is -0.325 e. The Morgan fingerprint density at radius 3 is 2.97 bits per heavy atom. The number of aromatic nitrogens is 4. The second kappa shape index (κ2) is 8.92. The van der Waals surface area contributed by atoms with Crippen LogP contribution in [0.25, 0.3) is 0 Å². The van der Waals surface area contributed by atoms with E-state index in [1.807, 2.05) is 42.6 Å². The fraction of sp³-hybridized carbons (Fsp3) is 0.333. The molecule has 1 aliphatic carbocycles. The van der Waals surface area contributed by atoms with Gasteiger partial charge in [-0.25, -0.2) is 4.98 Å². The topological polar surface area (TPSA) is 72.7 Å². The molecule has 150 valence electrons. The summed E-state index contributed by atoms with van der Waals surface area (Å²) in [6, 6.07) is 7.76. The van der Waals surface area contributed by atoms with E-state index >= 15 is 0 Å². The van der Waals surface area contributed by atoms with Crippen molar-refractivity contribution in [2.45, 2.75) is 49.6 Å². The molecule has 0 aliphatic heterocycles. The molecule has 2 heterocycles. The van der Waals surface area contributed by atoms with Gasteiger partial charge in [-0.15, -0.1) is 28.1 Å². The van der Waals surface area contributed by atoms with E-state index in [1.54, 1.807) is 11.8 Å². The smallest absolute Gasteiger partial charge is 0.231 e. The monoisotopic (exact) mass is 425 g/mol. The van der Waals surface area contributed by atoms with Crippen molar-refractivity contribution in [3.05, 3.63) is 64.4 Å². The summed E-state index contributed by atoms with van der Waals surface area (Å²) >= 11 is 3.15. The molecule has 8 heteroatoms. The molecule has 1 saturated carbocycles. The van der Waals surface area contributed by atoms with Crippen LogP contribution in [-0.2, 0) is 23.5 Å². The van der Waals surface area contributed by atoms with E-state index < -0.39 is 0 Å². The maximum absolute atomic E-state index is 12.3. The fourth-order valence-corrected chi connectivity index (χ4v) is 4.78. The number of thioether (sulfide) groups is 1. The molecule has 6 nitrogen and oxygen atoms in total. The molecule has 0 saturated heterocycles. The molecule has 1 aliphatic rings. The molecule has 2 aromatic heterocycles. The number of benzene rings is 1. The van der Waals surface area contributed by atoms with Crippen molar-refractivity contribution in [2.24, 2.45) is 0 Å². The van der Waals surface area contributed by atoms with Crippen molar-refractivity contribution in [2.75, 3.05) is 5.32 Å². The average Bonchev–Trinajstić information content (AvgIpc) is 3.33. The second-order valence-electron chi connectivity index (χ2n) is 7.08. The van der Waals surface area contributed by atoms with Gasteiger partial charge in [0.15, 0.2) is 5.16 Å². The number of thiazole rings is 1. The van der Waals surface area contributed by atoms with E-state index in [-0.39, 0.29) is 12.3 Å².